The van der Waals surface area contributed by atoms with Gasteiger partial charge in [0.15, 0.2) is 0 Å². The predicted octanol–water partition coefficient (Wildman–Crippen LogP) is 0.704. The average molecular weight is 317 g/mol. The molecule has 1 amide bonds. The molecule has 0 aromatic carbocycles. The molecule has 0 saturated carbocycles. The number of piperazine rings is 1. The maximum atomic E-state index is 12.6. The summed E-state index contributed by atoms with van der Waals surface area (Å²) in [5.41, 5.74) is 0.701. The van der Waals surface area contributed by atoms with Gasteiger partial charge in [0.2, 0.25) is 0 Å². The molecular weight excluding hydrogens is 290 g/mol. The number of piperidine rings is 1. The van der Waals surface area contributed by atoms with E-state index in [9.17, 15) is 4.79 Å². The SMILES string of the molecule is CC1NCCCC1NC(=O)c1ccnc(N2CCN(C)CC2)c1. The summed E-state index contributed by atoms with van der Waals surface area (Å²) in [5, 5.41) is 6.58. The Bertz CT molecular complexity index is 542. The van der Waals surface area contributed by atoms with E-state index in [0.29, 0.717) is 11.6 Å². The molecule has 2 aliphatic rings. The van der Waals surface area contributed by atoms with Gasteiger partial charge >= 0.3 is 0 Å². The van der Waals surface area contributed by atoms with Crippen molar-refractivity contribution in [3.63, 3.8) is 0 Å². The van der Waals surface area contributed by atoms with Crippen LogP contribution >= 0.6 is 0 Å². The second kappa shape index (κ2) is 7.27. The average Bonchev–Trinajstić information content (AvgIpc) is 2.58. The second-order valence-electron chi connectivity index (χ2n) is 6.66. The smallest absolute Gasteiger partial charge is 0.251 e. The molecule has 0 spiro atoms. The van der Waals surface area contributed by atoms with E-state index < -0.39 is 0 Å². The van der Waals surface area contributed by atoms with Crippen molar-refractivity contribution >= 4 is 11.7 Å². The molecule has 0 aliphatic carbocycles. The van der Waals surface area contributed by atoms with Gasteiger partial charge < -0.3 is 20.4 Å². The molecule has 2 aliphatic heterocycles. The highest BCUT2D eigenvalue weighted by Gasteiger charge is 2.23. The fourth-order valence-corrected chi connectivity index (χ4v) is 3.26. The molecule has 6 heteroatoms. The van der Waals surface area contributed by atoms with Crippen molar-refractivity contribution in [2.75, 3.05) is 44.7 Å². The Labute approximate surface area is 138 Å². The van der Waals surface area contributed by atoms with E-state index >= 15 is 0 Å². The summed E-state index contributed by atoms with van der Waals surface area (Å²) in [5.74, 6) is 0.906. The minimum Gasteiger partial charge on any atom is -0.354 e. The van der Waals surface area contributed by atoms with Gasteiger partial charge in [-0.2, -0.15) is 0 Å². The number of aromatic nitrogens is 1. The zero-order valence-electron chi connectivity index (χ0n) is 14.1. The van der Waals surface area contributed by atoms with Crippen molar-refractivity contribution in [1.29, 1.82) is 0 Å². The van der Waals surface area contributed by atoms with Gasteiger partial charge in [-0.25, -0.2) is 4.98 Å². The van der Waals surface area contributed by atoms with E-state index in [2.05, 4.69) is 39.4 Å². The van der Waals surface area contributed by atoms with Gasteiger partial charge in [0.25, 0.3) is 5.91 Å². The zero-order chi connectivity index (χ0) is 16.2. The first-order valence-corrected chi connectivity index (χ1v) is 8.57. The number of rotatable bonds is 3. The molecule has 23 heavy (non-hydrogen) atoms. The minimum atomic E-state index is 0.00308. The molecule has 3 heterocycles. The molecule has 2 unspecified atom stereocenters. The van der Waals surface area contributed by atoms with Crippen LogP contribution in [0.2, 0.25) is 0 Å². The normalized spacial score (nSPS) is 26.1. The first kappa shape index (κ1) is 16.2. The van der Waals surface area contributed by atoms with Gasteiger partial charge in [-0.15, -0.1) is 0 Å². The number of hydrogen-bond donors (Lipinski definition) is 2. The van der Waals surface area contributed by atoms with Crippen LogP contribution in [0.25, 0.3) is 0 Å². The Morgan fingerprint density at radius 2 is 2.13 bits per heavy atom. The molecule has 3 rings (SSSR count). The number of nitrogens with zero attached hydrogens (tertiary/aromatic N) is 3. The van der Waals surface area contributed by atoms with Gasteiger partial charge in [0, 0.05) is 50.0 Å². The summed E-state index contributed by atoms with van der Waals surface area (Å²) < 4.78 is 0. The number of amides is 1. The standard InChI is InChI=1S/C17H27N5O/c1-13-15(4-3-6-18-13)20-17(23)14-5-7-19-16(12-14)22-10-8-21(2)9-11-22/h5,7,12-13,15,18H,3-4,6,8-11H2,1-2H3,(H,20,23). The first-order valence-electron chi connectivity index (χ1n) is 8.57. The first-order chi connectivity index (χ1) is 11.1. The summed E-state index contributed by atoms with van der Waals surface area (Å²) >= 11 is 0. The number of hydrogen-bond acceptors (Lipinski definition) is 5. The monoisotopic (exact) mass is 317 g/mol. The second-order valence-corrected chi connectivity index (χ2v) is 6.66. The van der Waals surface area contributed by atoms with Crippen LogP contribution < -0.4 is 15.5 Å². The lowest BCUT2D eigenvalue weighted by Crippen LogP contribution is -2.51. The Balaban J connectivity index is 1.65. The van der Waals surface area contributed by atoms with E-state index in [1.807, 2.05) is 6.07 Å². The van der Waals surface area contributed by atoms with E-state index in [1.165, 1.54) is 0 Å². The highest BCUT2D eigenvalue weighted by molar-refractivity contribution is 5.95. The summed E-state index contributed by atoms with van der Waals surface area (Å²) in [4.78, 5) is 21.6. The molecule has 0 radical (unpaired) electrons. The third kappa shape index (κ3) is 4.00. The van der Waals surface area contributed by atoms with Crippen molar-refractivity contribution in [2.45, 2.75) is 31.8 Å². The topological polar surface area (TPSA) is 60.5 Å². The molecule has 2 atom stereocenters. The third-order valence-corrected chi connectivity index (χ3v) is 4.91. The van der Waals surface area contributed by atoms with Gasteiger partial charge in [0.05, 0.1) is 0 Å². The van der Waals surface area contributed by atoms with Crippen LogP contribution in [0.1, 0.15) is 30.1 Å². The van der Waals surface area contributed by atoms with Crippen LogP contribution in [-0.2, 0) is 0 Å². The molecule has 2 N–H and O–H groups in total. The van der Waals surface area contributed by atoms with Crippen molar-refractivity contribution in [2.24, 2.45) is 0 Å². The van der Waals surface area contributed by atoms with Crippen LogP contribution in [0.3, 0.4) is 0 Å². The molecular formula is C17H27N5O. The largest absolute Gasteiger partial charge is 0.354 e. The van der Waals surface area contributed by atoms with Crippen molar-refractivity contribution in [3.05, 3.63) is 23.9 Å². The van der Waals surface area contributed by atoms with Gasteiger partial charge in [-0.3, -0.25) is 4.79 Å². The molecule has 1 aromatic rings. The lowest BCUT2D eigenvalue weighted by atomic mass is 9.99. The fraction of sp³-hybridized carbons (Fsp3) is 0.647. The molecule has 126 valence electrons. The highest BCUT2D eigenvalue weighted by atomic mass is 16.1. The maximum absolute atomic E-state index is 12.6. The van der Waals surface area contributed by atoms with Crippen LogP contribution in [0.4, 0.5) is 5.82 Å². The summed E-state index contributed by atoms with van der Waals surface area (Å²) in [6, 6.07) is 4.25. The molecule has 0 bridgehead atoms. The van der Waals surface area contributed by atoms with Gasteiger partial charge in [-0.1, -0.05) is 0 Å². The Morgan fingerprint density at radius 3 is 2.87 bits per heavy atom. The van der Waals surface area contributed by atoms with Crippen molar-refractivity contribution in [1.82, 2.24) is 20.5 Å². The number of carbonyl (C=O) groups excluding carboxylic acids is 1. The number of carbonyl (C=O) groups is 1. The lowest BCUT2D eigenvalue weighted by Gasteiger charge is -2.33. The molecule has 2 saturated heterocycles. The summed E-state index contributed by atoms with van der Waals surface area (Å²) in [6.07, 6.45) is 3.89. The van der Waals surface area contributed by atoms with E-state index in [4.69, 9.17) is 0 Å². The summed E-state index contributed by atoms with van der Waals surface area (Å²) in [6.45, 7) is 7.14. The number of pyridine rings is 1. The van der Waals surface area contributed by atoms with Crippen molar-refractivity contribution in [3.8, 4) is 0 Å². The maximum Gasteiger partial charge on any atom is 0.251 e. The quantitative estimate of drug-likeness (QED) is 0.859. The molecule has 1 aromatic heterocycles. The minimum absolute atomic E-state index is 0.00308. The van der Waals surface area contributed by atoms with Crippen LogP contribution in [-0.4, -0.2) is 67.6 Å². The predicted molar refractivity (Wildman–Crippen MR) is 91.9 cm³/mol. The van der Waals surface area contributed by atoms with Gasteiger partial charge in [-0.05, 0) is 45.5 Å². The van der Waals surface area contributed by atoms with E-state index in [-0.39, 0.29) is 11.9 Å². The number of likely N-dealkylation sites (N-methyl/N-ethyl adjacent to an activating group) is 1. The van der Waals surface area contributed by atoms with E-state index in [1.54, 1.807) is 12.3 Å². The van der Waals surface area contributed by atoms with Crippen LogP contribution in [0.15, 0.2) is 18.3 Å². The Hall–Kier alpha value is -1.66. The number of anilines is 1. The zero-order valence-corrected chi connectivity index (χ0v) is 14.1. The fourth-order valence-electron chi connectivity index (χ4n) is 3.26. The Kier molecular flexibility index (Phi) is 5.13. The number of nitrogens with one attached hydrogen (secondary N) is 2. The van der Waals surface area contributed by atoms with Crippen LogP contribution in [0, 0.1) is 0 Å². The highest BCUT2D eigenvalue weighted by Crippen LogP contribution is 2.16. The summed E-state index contributed by atoms with van der Waals surface area (Å²) in [7, 11) is 2.13. The Morgan fingerprint density at radius 1 is 1.35 bits per heavy atom. The van der Waals surface area contributed by atoms with E-state index in [0.717, 1.165) is 51.4 Å². The van der Waals surface area contributed by atoms with Gasteiger partial charge in [0.1, 0.15) is 5.82 Å². The van der Waals surface area contributed by atoms with Crippen molar-refractivity contribution < 1.29 is 4.79 Å². The lowest BCUT2D eigenvalue weighted by molar-refractivity contribution is 0.0919. The third-order valence-electron chi connectivity index (χ3n) is 4.91. The van der Waals surface area contributed by atoms with Crippen LogP contribution in [0.5, 0.6) is 0 Å². The molecule has 6 nitrogen and oxygen atoms in total. The molecule has 2 fully saturated rings.